The molecule has 0 saturated heterocycles. The number of aryl methyl sites for hydroxylation is 1. The maximum atomic E-state index is 11.3. The van der Waals surface area contributed by atoms with Gasteiger partial charge in [-0.25, -0.2) is 4.98 Å². The van der Waals surface area contributed by atoms with Crippen LogP contribution in [0.3, 0.4) is 0 Å². The van der Waals surface area contributed by atoms with E-state index in [4.69, 9.17) is 17.3 Å². The predicted molar refractivity (Wildman–Crippen MR) is 103 cm³/mol. The van der Waals surface area contributed by atoms with Crippen LogP contribution in [0.15, 0.2) is 54.7 Å². The lowest BCUT2D eigenvalue weighted by atomic mass is 9.96. The van der Waals surface area contributed by atoms with E-state index < -0.39 is 11.9 Å². The Balaban J connectivity index is 1.74. The van der Waals surface area contributed by atoms with E-state index in [1.54, 1.807) is 6.20 Å². The monoisotopic (exact) mass is 364 g/mol. The average Bonchev–Trinajstić information content (AvgIpc) is 3.06. The molecule has 26 heavy (non-hydrogen) atoms. The van der Waals surface area contributed by atoms with Gasteiger partial charge in [0.1, 0.15) is 5.82 Å². The van der Waals surface area contributed by atoms with E-state index in [2.05, 4.69) is 11.1 Å². The molecule has 0 spiro atoms. The number of aliphatic carboxylic acids is 1. The fourth-order valence-electron chi connectivity index (χ4n) is 3.55. The van der Waals surface area contributed by atoms with Gasteiger partial charge in [0, 0.05) is 22.3 Å². The van der Waals surface area contributed by atoms with Crippen LogP contribution in [0.4, 0.5) is 5.82 Å². The maximum absolute atomic E-state index is 11.3. The van der Waals surface area contributed by atoms with E-state index in [-0.39, 0.29) is 0 Å². The molecular weight excluding hydrogens is 348 g/mol. The average molecular weight is 365 g/mol. The molecule has 4 rings (SSSR count). The molecule has 1 atom stereocenters. The van der Waals surface area contributed by atoms with Gasteiger partial charge in [0.15, 0.2) is 0 Å². The van der Waals surface area contributed by atoms with Gasteiger partial charge >= 0.3 is 5.97 Å². The van der Waals surface area contributed by atoms with Crippen molar-refractivity contribution in [2.75, 3.05) is 5.73 Å². The Kier molecular flexibility index (Phi) is 4.13. The third-order valence-electron chi connectivity index (χ3n) is 4.93. The number of nitrogen functional groups attached to an aromatic ring is 1. The van der Waals surface area contributed by atoms with Crippen molar-refractivity contribution in [3.8, 4) is 22.3 Å². The standard InChI is InChI=1S/C21H17ClN2O2/c22-16-5-1-12(2-6-16)19-10-15(11-24-20(19)23)13-3-7-17-14(9-13)4-8-18(17)21(25)26/h1-3,5-7,9-11,18H,4,8H2,(H2,23,24)(H,25,26)/t18-/m0/s1. The van der Waals surface area contributed by atoms with Gasteiger partial charge in [-0.15, -0.1) is 0 Å². The highest BCUT2D eigenvalue weighted by Gasteiger charge is 2.28. The van der Waals surface area contributed by atoms with E-state index in [1.165, 1.54) is 0 Å². The zero-order valence-electron chi connectivity index (χ0n) is 13.9. The number of aromatic nitrogens is 1. The van der Waals surface area contributed by atoms with Crippen molar-refractivity contribution in [1.82, 2.24) is 4.98 Å². The Hall–Kier alpha value is -2.85. The van der Waals surface area contributed by atoms with Crippen molar-refractivity contribution in [1.29, 1.82) is 0 Å². The number of pyridine rings is 1. The molecule has 1 aliphatic carbocycles. The topological polar surface area (TPSA) is 76.2 Å². The van der Waals surface area contributed by atoms with Gasteiger partial charge in [-0.3, -0.25) is 4.79 Å². The molecule has 0 radical (unpaired) electrons. The van der Waals surface area contributed by atoms with Crippen molar-refractivity contribution in [2.24, 2.45) is 0 Å². The summed E-state index contributed by atoms with van der Waals surface area (Å²) >= 11 is 5.97. The highest BCUT2D eigenvalue weighted by molar-refractivity contribution is 6.30. The highest BCUT2D eigenvalue weighted by atomic mass is 35.5. The number of nitrogens with zero attached hydrogens (tertiary/aromatic N) is 1. The summed E-state index contributed by atoms with van der Waals surface area (Å²) in [6.07, 6.45) is 3.19. The first-order valence-corrected chi connectivity index (χ1v) is 8.78. The number of carboxylic acids is 1. The van der Waals surface area contributed by atoms with Crippen LogP contribution in [0, 0.1) is 0 Å². The van der Waals surface area contributed by atoms with Crippen molar-refractivity contribution >= 4 is 23.4 Å². The molecule has 3 aromatic rings. The largest absolute Gasteiger partial charge is 0.481 e. The zero-order chi connectivity index (χ0) is 18.3. The first kappa shape index (κ1) is 16.6. The second-order valence-corrected chi connectivity index (χ2v) is 6.94. The Morgan fingerprint density at radius 1 is 1.08 bits per heavy atom. The minimum absolute atomic E-state index is 0.395. The number of rotatable bonds is 3. The van der Waals surface area contributed by atoms with Crippen LogP contribution in [0.25, 0.3) is 22.3 Å². The fourth-order valence-corrected chi connectivity index (χ4v) is 3.67. The summed E-state index contributed by atoms with van der Waals surface area (Å²) in [4.78, 5) is 15.7. The van der Waals surface area contributed by atoms with Gasteiger partial charge in [0.05, 0.1) is 5.92 Å². The van der Waals surface area contributed by atoms with Crippen molar-refractivity contribution in [3.63, 3.8) is 0 Å². The number of benzene rings is 2. The molecule has 0 fully saturated rings. The zero-order valence-corrected chi connectivity index (χ0v) is 14.7. The molecule has 5 heteroatoms. The second kappa shape index (κ2) is 6.46. The summed E-state index contributed by atoms with van der Waals surface area (Å²) in [6, 6.07) is 15.4. The minimum Gasteiger partial charge on any atom is -0.481 e. The van der Waals surface area contributed by atoms with E-state index in [0.717, 1.165) is 39.8 Å². The molecule has 1 aliphatic rings. The van der Waals surface area contributed by atoms with Crippen LogP contribution in [-0.2, 0) is 11.2 Å². The summed E-state index contributed by atoms with van der Waals surface area (Å²) in [5.41, 5.74) is 11.8. The second-order valence-electron chi connectivity index (χ2n) is 6.51. The SMILES string of the molecule is Nc1ncc(-c2ccc3c(c2)CC[C@@H]3C(=O)O)cc1-c1ccc(Cl)cc1. The lowest BCUT2D eigenvalue weighted by Crippen LogP contribution is -2.07. The number of carboxylic acid groups (broad SMARTS) is 1. The molecule has 3 N–H and O–H groups in total. The van der Waals surface area contributed by atoms with E-state index in [0.29, 0.717) is 17.3 Å². The lowest BCUT2D eigenvalue weighted by molar-refractivity contribution is -0.138. The third kappa shape index (κ3) is 2.93. The Morgan fingerprint density at radius 2 is 1.81 bits per heavy atom. The fraction of sp³-hybridized carbons (Fsp3) is 0.143. The molecule has 0 saturated carbocycles. The molecule has 0 bridgehead atoms. The quantitative estimate of drug-likeness (QED) is 0.702. The van der Waals surface area contributed by atoms with Gasteiger partial charge in [-0.05, 0) is 53.3 Å². The Morgan fingerprint density at radius 3 is 2.54 bits per heavy atom. The minimum atomic E-state index is -0.754. The van der Waals surface area contributed by atoms with E-state index >= 15 is 0 Å². The van der Waals surface area contributed by atoms with Crippen LogP contribution < -0.4 is 5.73 Å². The van der Waals surface area contributed by atoms with Crippen LogP contribution in [0.2, 0.25) is 5.02 Å². The molecule has 0 aliphatic heterocycles. The summed E-state index contributed by atoms with van der Waals surface area (Å²) < 4.78 is 0. The molecule has 1 heterocycles. The normalized spacial score (nSPS) is 15.7. The number of nitrogens with two attached hydrogens (primary N) is 1. The summed E-state index contributed by atoms with van der Waals surface area (Å²) in [5.74, 6) is -0.688. The Labute approximate surface area is 156 Å². The number of hydrogen-bond acceptors (Lipinski definition) is 3. The van der Waals surface area contributed by atoms with Gasteiger partial charge in [0.25, 0.3) is 0 Å². The van der Waals surface area contributed by atoms with Crippen LogP contribution in [0.5, 0.6) is 0 Å². The number of hydrogen-bond donors (Lipinski definition) is 2. The van der Waals surface area contributed by atoms with Crippen molar-refractivity contribution in [2.45, 2.75) is 18.8 Å². The van der Waals surface area contributed by atoms with Crippen LogP contribution >= 0.6 is 11.6 Å². The highest BCUT2D eigenvalue weighted by Crippen LogP contribution is 2.37. The lowest BCUT2D eigenvalue weighted by Gasteiger charge is -2.11. The van der Waals surface area contributed by atoms with Crippen molar-refractivity contribution in [3.05, 3.63) is 70.9 Å². The molecule has 130 valence electrons. The van der Waals surface area contributed by atoms with Gasteiger partial charge in [-0.2, -0.15) is 0 Å². The molecule has 1 aromatic heterocycles. The maximum Gasteiger partial charge on any atom is 0.310 e. The molecule has 4 nitrogen and oxygen atoms in total. The van der Waals surface area contributed by atoms with Crippen molar-refractivity contribution < 1.29 is 9.90 Å². The Bertz CT molecular complexity index is 999. The first-order chi connectivity index (χ1) is 12.5. The number of carbonyl (C=O) groups is 1. The predicted octanol–water partition coefficient (Wildman–Crippen LogP) is 4.77. The smallest absolute Gasteiger partial charge is 0.310 e. The number of fused-ring (bicyclic) bond motifs is 1. The molecule has 0 amide bonds. The molecule has 0 unspecified atom stereocenters. The number of anilines is 1. The van der Waals surface area contributed by atoms with Gasteiger partial charge in [0.2, 0.25) is 0 Å². The van der Waals surface area contributed by atoms with Crippen LogP contribution in [0.1, 0.15) is 23.5 Å². The van der Waals surface area contributed by atoms with Gasteiger partial charge < -0.3 is 10.8 Å². The van der Waals surface area contributed by atoms with E-state index in [9.17, 15) is 9.90 Å². The van der Waals surface area contributed by atoms with Crippen LogP contribution in [-0.4, -0.2) is 16.1 Å². The van der Waals surface area contributed by atoms with Gasteiger partial charge in [-0.1, -0.05) is 41.9 Å². The summed E-state index contributed by atoms with van der Waals surface area (Å²) in [7, 11) is 0. The number of halogens is 1. The molecule has 2 aromatic carbocycles. The first-order valence-electron chi connectivity index (χ1n) is 8.40. The van der Waals surface area contributed by atoms with E-state index in [1.807, 2.05) is 42.5 Å². The molecular formula is C21H17ClN2O2. The summed E-state index contributed by atoms with van der Waals surface area (Å²) in [6.45, 7) is 0. The summed E-state index contributed by atoms with van der Waals surface area (Å²) in [5, 5.41) is 10.00. The third-order valence-corrected chi connectivity index (χ3v) is 5.18.